The van der Waals surface area contributed by atoms with Crippen LogP contribution in [0.2, 0.25) is 0 Å². The number of fused-ring (bicyclic) bond motifs is 1. The van der Waals surface area contributed by atoms with E-state index in [0.29, 0.717) is 31.5 Å². The van der Waals surface area contributed by atoms with Crippen molar-refractivity contribution in [2.75, 3.05) is 26.8 Å². The molecule has 0 aliphatic carbocycles. The summed E-state index contributed by atoms with van der Waals surface area (Å²) >= 11 is 3.46. The van der Waals surface area contributed by atoms with Crippen LogP contribution in [0.15, 0.2) is 53.0 Å². The molecule has 222 valence electrons. The standard InChI is InChI=1S/C32H41BrFN3O4/c1-32(2,3)41-31(39)35-25(18-22-11-13-24(33)14-12-22)19-30(38)36-15-6-8-23(21-36)29-20-26-27(34)9-5-10-28(26)37(29)16-7-17-40-4/h5,9-14,20,23,25H,6-8,15-19,21H2,1-4H3,(H,35,39)/t23?,25-/m1/s1. The molecule has 1 aromatic heterocycles. The number of aryl methyl sites for hydroxylation is 1. The number of halogens is 2. The zero-order chi connectivity index (χ0) is 29.6. The third-order valence-electron chi connectivity index (χ3n) is 7.38. The molecule has 1 aliphatic rings. The van der Waals surface area contributed by atoms with Crippen molar-refractivity contribution in [3.05, 3.63) is 70.1 Å². The van der Waals surface area contributed by atoms with Gasteiger partial charge in [-0.25, -0.2) is 9.18 Å². The molecule has 1 N–H and O–H groups in total. The van der Waals surface area contributed by atoms with Gasteiger partial charge < -0.3 is 24.3 Å². The van der Waals surface area contributed by atoms with Gasteiger partial charge in [0.15, 0.2) is 0 Å². The topological polar surface area (TPSA) is 72.8 Å². The number of alkyl carbamates (subject to hydrolysis) is 1. The molecule has 7 nitrogen and oxygen atoms in total. The zero-order valence-electron chi connectivity index (χ0n) is 24.4. The molecule has 0 bridgehead atoms. The van der Waals surface area contributed by atoms with E-state index in [1.807, 2.05) is 62.1 Å². The highest BCUT2D eigenvalue weighted by atomic mass is 79.9. The summed E-state index contributed by atoms with van der Waals surface area (Å²) in [5, 5.41) is 3.54. The van der Waals surface area contributed by atoms with Crippen LogP contribution in [0.1, 0.15) is 63.6 Å². The van der Waals surface area contributed by atoms with Gasteiger partial charge in [0.25, 0.3) is 0 Å². The van der Waals surface area contributed by atoms with E-state index < -0.39 is 17.7 Å². The molecular formula is C32H41BrFN3O4. The number of nitrogens with one attached hydrogen (secondary N) is 1. The number of amides is 2. The predicted molar refractivity (Wildman–Crippen MR) is 163 cm³/mol. The van der Waals surface area contributed by atoms with E-state index in [-0.39, 0.29) is 24.1 Å². The van der Waals surface area contributed by atoms with Crippen molar-refractivity contribution < 1.29 is 23.5 Å². The van der Waals surface area contributed by atoms with Gasteiger partial charge in [-0.3, -0.25) is 4.79 Å². The second kappa shape index (κ2) is 13.8. The molecule has 0 radical (unpaired) electrons. The molecule has 1 aliphatic heterocycles. The molecule has 1 unspecified atom stereocenters. The van der Waals surface area contributed by atoms with Crippen molar-refractivity contribution in [3.8, 4) is 0 Å². The fraction of sp³-hybridized carbons (Fsp3) is 0.500. The fourth-order valence-electron chi connectivity index (χ4n) is 5.56. The minimum absolute atomic E-state index is 0.0129. The first-order valence-electron chi connectivity index (χ1n) is 14.3. The van der Waals surface area contributed by atoms with Crippen LogP contribution in [0.3, 0.4) is 0 Å². The lowest BCUT2D eigenvalue weighted by atomic mass is 9.93. The van der Waals surface area contributed by atoms with Gasteiger partial charge in [-0.15, -0.1) is 0 Å². The number of rotatable bonds is 10. The Labute approximate surface area is 250 Å². The molecule has 3 aromatic rings. The number of ether oxygens (including phenoxy) is 2. The monoisotopic (exact) mass is 629 g/mol. The Kier molecular flexibility index (Phi) is 10.5. The van der Waals surface area contributed by atoms with Crippen molar-refractivity contribution in [2.45, 2.75) is 77.0 Å². The first-order chi connectivity index (χ1) is 19.5. The Morgan fingerprint density at radius 3 is 2.63 bits per heavy atom. The van der Waals surface area contributed by atoms with Crippen molar-refractivity contribution in [1.29, 1.82) is 0 Å². The summed E-state index contributed by atoms with van der Waals surface area (Å²) in [6.07, 6.45) is 2.72. The van der Waals surface area contributed by atoms with Crippen LogP contribution < -0.4 is 5.32 Å². The van der Waals surface area contributed by atoms with E-state index >= 15 is 0 Å². The van der Waals surface area contributed by atoms with E-state index in [9.17, 15) is 14.0 Å². The summed E-state index contributed by atoms with van der Waals surface area (Å²) in [6, 6.07) is 14.6. The smallest absolute Gasteiger partial charge is 0.407 e. The van der Waals surface area contributed by atoms with Gasteiger partial charge in [-0.1, -0.05) is 34.1 Å². The molecule has 0 saturated carbocycles. The lowest BCUT2D eigenvalue weighted by molar-refractivity contribution is -0.132. The summed E-state index contributed by atoms with van der Waals surface area (Å²) < 4.78 is 28.7. The first kappa shape index (κ1) is 31.0. The summed E-state index contributed by atoms with van der Waals surface area (Å²) in [4.78, 5) is 28.2. The second-order valence-electron chi connectivity index (χ2n) is 11.8. The minimum atomic E-state index is -0.641. The maximum Gasteiger partial charge on any atom is 0.407 e. The highest BCUT2D eigenvalue weighted by molar-refractivity contribution is 9.10. The SMILES string of the molecule is COCCCn1c(C2CCCN(C(=O)C[C@@H](Cc3ccc(Br)cc3)NC(=O)OC(C)(C)C)C2)cc2c(F)cccc21. The number of hydrogen-bond acceptors (Lipinski definition) is 4. The van der Waals surface area contributed by atoms with Crippen LogP contribution in [-0.2, 0) is 27.2 Å². The molecule has 1 fully saturated rings. The average molecular weight is 631 g/mol. The van der Waals surface area contributed by atoms with Crippen LogP contribution in [0, 0.1) is 5.82 Å². The van der Waals surface area contributed by atoms with Gasteiger partial charge in [0.05, 0.1) is 5.52 Å². The molecule has 2 heterocycles. The third-order valence-corrected chi connectivity index (χ3v) is 7.91. The number of aromatic nitrogens is 1. The Bertz CT molecular complexity index is 1340. The Morgan fingerprint density at radius 1 is 1.17 bits per heavy atom. The Balaban J connectivity index is 1.51. The zero-order valence-corrected chi connectivity index (χ0v) is 26.0. The number of likely N-dealkylation sites (tertiary alicyclic amines) is 1. The summed E-state index contributed by atoms with van der Waals surface area (Å²) in [7, 11) is 1.68. The molecule has 41 heavy (non-hydrogen) atoms. The van der Waals surface area contributed by atoms with Gasteiger partial charge in [-0.05, 0) is 82.3 Å². The number of piperidine rings is 1. The van der Waals surface area contributed by atoms with Crippen molar-refractivity contribution in [1.82, 2.24) is 14.8 Å². The quantitative estimate of drug-likeness (QED) is 0.250. The van der Waals surface area contributed by atoms with E-state index in [1.165, 1.54) is 6.07 Å². The molecule has 9 heteroatoms. The van der Waals surface area contributed by atoms with Crippen LogP contribution in [0.4, 0.5) is 9.18 Å². The van der Waals surface area contributed by atoms with E-state index in [0.717, 1.165) is 47.1 Å². The van der Waals surface area contributed by atoms with Gasteiger partial charge in [-0.2, -0.15) is 0 Å². The normalized spacial score (nSPS) is 16.5. The van der Waals surface area contributed by atoms with Crippen LogP contribution in [0.5, 0.6) is 0 Å². The minimum Gasteiger partial charge on any atom is -0.444 e. The number of methoxy groups -OCH3 is 1. The van der Waals surface area contributed by atoms with E-state index in [4.69, 9.17) is 9.47 Å². The van der Waals surface area contributed by atoms with Crippen LogP contribution in [0.25, 0.3) is 10.9 Å². The average Bonchev–Trinajstić information content (AvgIpc) is 3.29. The summed E-state index contributed by atoms with van der Waals surface area (Å²) in [6.45, 7) is 7.99. The van der Waals surface area contributed by atoms with Gasteiger partial charge in [0.2, 0.25) is 5.91 Å². The molecule has 2 aromatic carbocycles. The highest BCUT2D eigenvalue weighted by Gasteiger charge is 2.30. The van der Waals surface area contributed by atoms with Gasteiger partial charge in [0.1, 0.15) is 11.4 Å². The van der Waals surface area contributed by atoms with Crippen molar-refractivity contribution >= 4 is 38.8 Å². The third kappa shape index (κ3) is 8.55. The fourth-order valence-corrected chi connectivity index (χ4v) is 5.83. The lowest BCUT2D eigenvalue weighted by Crippen LogP contribution is -2.46. The second-order valence-corrected chi connectivity index (χ2v) is 12.7. The molecule has 2 amide bonds. The predicted octanol–water partition coefficient (Wildman–Crippen LogP) is 6.81. The largest absolute Gasteiger partial charge is 0.444 e. The molecule has 2 atom stereocenters. The summed E-state index contributed by atoms with van der Waals surface area (Å²) in [5.41, 5.74) is 2.30. The van der Waals surface area contributed by atoms with Gasteiger partial charge >= 0.3 is 6.09 Å². The number of hydrogen-bond donors (Lipinski definition) is 1. The Morgan fingerprint density at radius 2 is 1.93 bits per heavy atom. The molecule has 4 rings (SSSR count). The molecule has 1 saturated heterocycles. The maximum atomic E-state index is 14.7. The maximum absolute atomic E-state index is 14.7. The summed E-state index contributed by atoms with van der Waals surface area (Å²) in [5.74, 6) is -0.158. The lowest BCUT2D eigenvalue weighted by Gasteiger charge is -2.34. The van der Waals surface area contributed by atoms with Gasteiger partial charge in [0, 0.05) is 67.3 Å². The number of benzene rings is 2. The number of nitrogens with zero attached hydrogens (tertiary/aromatic N) is 2. The number of carbonyl (C=O) groups excluding carboxylic acids is 2. The highest BCUT2D eigenvalue weighted by Crippen LogP contribution is 2.33. The van der Waals surface area contributed by atoms with E-state index in [1.54, 1.807) is 13.2 Å². The molecule has 0 spiro atoms. The van der Waals surface area contributed by atoms with Crippen LogP contribution >= 0.6 is 15.9 Å². The number of carbonyl (C=O) groups is 2. The van der Waals surface area contributed by atoms with Crippen LogP contribution in [-0.4, -0.2) is 59.9 Å². The van der Waals surface area contributed by atoms with E-state index in [2.05, 4.69) is 25.8 Å². The first-order valence-corrected chi connectivity index (χ1v) is 15.1. The molecular weight excluding hydrogens is 589 g/mol. The Hall–Kier alpha value is -2.91. The van der Waals surface area contributed by atoms with Crippen molar-refractivity contribution in [3.63, 3.8) is 0 Å². The van der Waals surface area contributed by atoms with Crippen molar-refractivity contribution in [2.24, 2.45) is 0 Å².